The second-order valence-corrected chi connectivity index (χ2v) is 7.86. The lowest BCUT2D eigenvalue weighted by Gasteiger charge is -2.36. The van der Waals surface area contributed by atoms with Gasteiger partial charge in [0, 0.05) is 43.6 Å². The number of benzene rings is 2. The second kappa shape index (κ2) is 9.04. The van der Waals surface area contributed by atoms with Crippen molar-refractivity contribution in [1.82, 2.24) is 9.78 Å². The quantitative estimate of drug-likeness (QED) is 0.691. The number of hydrogen-bond donors (Lipinski definition) is 1. The number of amides is 1. The van der Waals surface area contributed by atoms with Gasteiger partial charge in [0.05, 0.1) is 0 Å². The third kappa shape index (κ3) is 4.94. The Bertz CT molecular complexity index is 1120. The van der Waals surface area contributed by atoms with Gasteiger partial charge < -0.3 is 15.1 Å². The summed E-state index contributed by atoms with van der Waals surface area (Å²) in [5.41, 5.74) is 3.79. The summed E-state index contributed by atoms with van der Waals surface area (Å²) in [5, 5.41) is 7.34. The largest absolute Gasteiger partial charge is 0.368 e. The van der Waals surface area contributed by atoms with Crippen molar-refractivity contribution < 1.29 is 4.79 Å². The van der Waals surface area contributed by atoms with E-state index in [0.717, 1.165) is 43.0 Å². The summed E-state index contributed by atoms with van der Waals surface area (Å²) in [6.45, 7) is 7.18. The first-order valence-corrected chi connectivity index (χ1v) is 10.5. The molecule has 160 valence electrons. The zero-order chi connectivity index (χ0) is 21.8. The Balaban J connectivity index is 1.41. The SMILES string of the molecule is Cc1ccc(NC(=O)Cn2nc(N3CCN(c4ccccc4)CC3)ccc2=O)c(C)c1. The molecule has 1 N–H and O–H groups in total. The molecule has 0 aliphatic carbocycles. The highest BCUT2D eigenvalue weighted by atomic mass is 16.2. The molecule has 4 rings (SSSR count). The first kappa shape index (κ1) is 20.7. The Morgan fingerprint density at radius 3 is 2.35 bits per heavy atom. The van der Waals surface area contributed by atoms with Crippen molar-refractivity contribution in [3.05, 3.63) is 82.1 Å². The maximum absolute atomic E-state index is 12.5. The minimum absolute atomic E-state index is 0.121. The molecular formula is C24H27N5O2. The predicted molar refractivity (Wildman–Crippen MR) is 124 cm³/mol. The summed E-state index contributed by atoms with van der Waals surface area (Å²) >= 11 is 0. The number of carbonyl (C=O) groups excluding carboxylic acids is 1. The number of nitrogens with zero attached hydrogens (tertiary/aromatic N) is 4. The van der Waals surface area contributed by atoms with E-state index in [9.17, 15) is 9.59 Å². The van der Waals surface area contributed by atoms with Crippen LogP contribution < -0.4 is 20.7 Å². The average molecular weight is 418 g/mol. The number of rotatable bonds is 5. The summed E-state index contributed by atoms with van der Waals surface area (Å²) in [5.74, 6) is 0.444. The van der Waals surface area contributed by atoms with Crippen LogP contribution in [0.2, 0.25) is 0 Å². The van der Waals surface area contributed by atoms with Gasteiger partial charge in [-0.05, 0) is 43.7 Å². The fourth-order valence-electron chi connectivity index (χ4n) is 3.83. The highest BCUT2D eigenvalue weighted by molar-refractivity contribution is 5.91. The molecule has 0 bridgehead atoms. The van der Waals surface area contributed by atoms with Gasteiger partial charge in [-0.25, -0.2) is 4.68 Å². The molecule has 1 aliphatic rings. The van der Waals surface area contributed by atoms with Crippen molar-refractivity contribution in [2.75, 3.05) is 41.3 Å². The molecule has 0 saturated carbocycles. The van der Waals surface area contributed by atoms with Crippen LogP contribution in [0.15, 0.2) is 65.5 Å². The van der Waals surface area contributed by atoms with Crippen molar-refractivity contribution in [1.29, 1.82) is 0 Å². The Morgan fingerprint density at radius 1 is 0.935 bits per heavy atom. The minimum Gasteiger partial charge on any atom is -0.368 e. The normalized spacial score (nSPS) is 13.9. The van der Waals surface area contributed by atoms with Crippen LogP contribution in [0.1, 0.15) is 11.1 Å². The molecule has 0 radical (unpaired) electrons. The zero-order valence-corrected chi connectivity index (χ0v) is 17.9. The van der Waals surface area contributed by atoms with Crippen LogP contribution in [0.5, 0.6) is 0 Å². The lowest BCUT2D eigenvalue weighted by atomic mass is 10.1. The van der Waals surface area contributed by atoms with Gasteiger partial charge in [0.2, 0.25) is 5.91 Å². The monoisotopic (exact) mass is 417 g/mol. The van der Waals surface area contributed by atoms with Gasteiger partial charge in [-0.1, -0.05) is 35.9 Å². The molecule has 1 amide bonds. The van der Waals surface area contributed by atoms with Crippen LogP contribution in [-0.4, -0.2) is 41.9 Å². The Morgan fingerprint density at radius 2 is 1.65 bits per heavy atom. The number of aryl methyl sites for hydroxylation is 2. The molecular weight excluding hydrogens is 390 g/mol. The Kier molecular flexibility index (Phi) is 6.02. The van der Waals surface area contributed by atoms with Crippen LogP contribution in [0.3, 0.4) is 0 Å². The number of piperazine rings is 1. The van der Waals surface area contributed by atoms with Gasteiger partial charge in [0.1, 0.15) is 12.4 Å². The van der Waals surface area contributed by atoms with E-state index in [1.165, 1.54) is 16.4 Å². The van der Waals surface area contributed by atoms with Crippen LogP contribution in [0, 0.1) is 13.8 Å². The fraction of sp³-hybridized carbons (Fsp3) is 0.292. The molecule has 7 heteroatoms. The summed E-state index contributed by atoms with van der Waals surface area (Å²) in [6.07, 6.45) is 0. The van der Waals surface area contributed by atoms with E-state index in [2.05, 4.69) is 32.3 Å². The maximum atomic E-state index is 12.5. The smallest absolute Gasteiger partial charge is 0.267 e. The van der Waals surface area contributed by atoms with Gasteiger partial charge in [0.25, 0.3) is 5.56 Å². The molecule has 7 nitrogen and oxygen atoms in total. The summed E-state index contributed by atoms with van der Waals surface area (Å²) in [6, 6.07) is 19.4. The molecule has 2 heterocycles. The van der Waals surface area contributed by atoms with Gasteiger partial charge >= 0.3 is 0 Å². The summed E-state index contributed by atoms with van der Waals surface area (Å²) < 4.78 is 1.23. The number of carbonyl (C=O) groups is 1. The third-order valence-electron chi connectivity index (χ3n) is 5.53. The summed E-state index contributed by atoms with van der Waals surface area (Å²) in [4.78, 5) is 29.3. The van der Waals surface area contributed by atoms with Crippen molar-refractivity contribution in [3.63, 3.8) is 0 Å². The first-order valence-electron chi connectivity index (χ1n) is 10.5. The molecule has 2 aromatic carbocycles. The molecule has 31 heavy (non-hydrogen) atoms. The van der Waals surface area contributed by atoms with E-state index in [-0.39, 0.29) is 18.0 Å². The fourth-order valence-corrected chi connectivity index (χ4v) is 3.83. The van der Waals surface area contributed by atoms with Crippen molar-refractivity contribution in [3.8, 4) is 0 Å². The van der Waals surface area contributed by atoms with Crippen LogP contribution in [0.4, 0.5) is 17.2 Å². The van der Waals surface area contributed by atoms with E-state index in [4.69, 9.17) is 0 Å². The van der Waals surface area contributed by atoms with Crippen molar-refractivity contribution >= 4 is 23.1 Å². The van der Waals surface area contributed by atoms with E-state index in [1.807, 2.05) is 50.2 Å². The Labute approximate surface area is 181 Å². The maximum Gasteiger partial charge on any atom is 0.267 e. The van der Waals surface area contributed by atoms with E-state index < -0.39 is 0 Å². The summed E-state index contributed by atoms with van der Waals surface area (Å²) in [7, 11) is 0. The van der Waals surface area contributed by atoms with Gasteiger partial charge in [-0.3, -0.25) is 9.59 Å². The molecule has 0 unspecified atom stereocenters. The Hall–Kier alpha value is -3.61. The van der Waals surface area contributed by atoms with Crippen LogP contribution >= 0.6 is 0 Å². The van der Waals surface area contributed by atoms with Gasteiger partial charge in [-0.2, -0.15) is 5.10 Å². The number of anilines is 3. The molecule has 0 spiro atoms. The van der Waals surface area contributed by atoms with Crippen LogP contribution in [0.25, 0.3) is 0 Å². The minimum atomic E-state index is -0.289. The molecule has 1 saturated heterocycles. The number of nitrogens with one attached hydrogen (secondary N) is 1. The first-order chi connectivity index (χ1) is 15.0. The second-order valence-electron chi connectivity index (χ2n) is 7.86. The van der Waals surface area contributed by atoms with Crippen molar-refractivity contribution in [2.24, 2.45) is 0 Å². The molecule has 1 fully saturated rings. The standard InChI is InChI=1S/C24H27N5O2/c1-18-8-9-21(19(2)16-18)25-23(30)17-29-24(31)11-10-22(26-29)28-14-12-27(13-15-28)20-6-4-3-5-7-20/h3-11,16H,12-15,17H2,1-2H3,(H,25,30). The highest BCUT2D eigenvalue weighted by Gasteiger charge is 2.19. The lowest BCUT2D eigenvalue weighted by Crippen LogP contribution is -2.47. The van der Waals surface area contributed by atoms with E-state index in [0.29, 0.717) is 5.82 Å². The highest BCUT2D eigenvalue weighted by Crippen LogP contribution is 2.19. The van der Waals surface area contributed by atoms with Crippen LogP contribution in [-0.2, 0) is 11.3 Å². The topological polar surface area (TPSA) is 70.5 Å². The zero-order valence-electron chi connectivity index (χ0n) is 17.9. The molecule has 1 aromatic heterocycles. The predicted octanol–water partition coefficient (Wildman–Crippen LogP) is 2.83. The molecule has 0 atom stereocenters. The van der Waals surface area contributed by atoms with Crippen molar-refractivity contribution in [2.45, 2.75) is 20.4 Å². The number of para-hydroxylation sites is 1. The van der Waals surface area contributed by atoms with E-state index >= 15 is 0 Å². The molecule has 3 aromatic rings. The number of hydrogen-bond acceptors (Lipinski definition) is 5. The molecule has 1 aliphatic heterocycles. The van der Waals surface area contributed by atoms with Gasteiger partial charge in [-0.15, -0.1) is 0 Å². The lowest BCUT2D eigenvalue weighted by molar-refractivity contribution is -0.117. The third-order valence-corrected chi connectivity index (χ3v) is 5.53. The van der Waals surface area contributed by atoms with Gasteiger partial charge in [0.15, 0.2) is 0 Å². The average Bonchev–Trinajstić information content (AvgIpc) is 2.78. The van der Waals surface area contributed by atoms with E-state index in [1.54, 1.807) is 6.07 Å². The number of aromatic nitrogens is 2.